The SMILES string of the molecule is Cn1c(N)nc(-c2ccncc2)c(-c2ccc(F)cc2)c1=O. The molecule has 0 amide bonds. The van der Waals surface area contributed by atoms with Crippen molar-refractivity contribution in [3.63, 3.8) is 0 Å². The van der Waals surface area contributed by atoms with E-state index in [4.69, 9.17) is 5.73 Å². The Morgan fingerprint density at radius 3 is 2.32 bits per heavy atom. The molecule has 0 spiro atoms. The van der Waals surface area contributed by atoms with Crippen LogP contribution in [0.4, 0.5) is 10.3 Å². The topological polar surface area (TPSA) is 73.8 Å². The summed E-state index contributed by atoms with van der Waals surface area (Å²) < 4.78 is 14.4. The number of nitrogen functional groups attached to an aromatic ring is 1. The van der Waals surface area contributed by atoms with Gasteiger partial charge in [-0.05, 0) is 29.8 Å². The maximum Gasteiger partial charge on any atom is 0.263 e. The maximum atomic E-state index is 13.1. The fourth-order valence-corrected chi connectivity index (χ4v) is 2.21. The van der Waals surface area contributed by atoms with Gasteiger partial charge in [0.15, 0.2) is 0 Å². The Morgan fingerprint density at radius 2 is 1.68 bits per heavy atom. The molecule has 6 heteroatoms. The highest BCUT2D eigenvalue weighted by Crippen LogP contribution is 2.28. The summed E-state index contributed by atoms with van der Waals surface area (Å²) in [4.78, 5) is 20.9. The standard InChI is InChI=1S/C16H13FN4O/c1-21-15(22)13(10-2-4-12(17)5-3-10)14(20-16(21)18)11-6-8-19-9-7-11/h2-9H,1H3,(H2,18,20). The van der Waals surface area contributed by atoms with Crippen molar-refractivity contribution in [2.24, 2.45) is 7.05 Å². The summed E-state index contributed by atoms with van der Waals surface area (Å²) in [6.45, 7) is 0. The predicted octanol–water partition coefficient (Wildman–Crippen LogP) is 2.23. The zero-order valence-electron chi connectivity index (χ0n) is 11.8. The van der Waals surface area contributed by atoms with Gasteiger partial charge >= 0.3 is 0 Å². The van der Waals surface area contributed by atoms with Crippen molar-refractivity contribution < 1.29 is 4.39 Å². The molecule has 0 aliphatic heterocycles. The minimum Gasteiger partial charge on any atom is -0.369 e. The molecule has 5 nitrogen and oxygen atoms in total. The number of nitrogens with zero attached hydrogens (tertiary/aromatic N) is 3. The Kier molecular flexibility index (Phi) is 3.42. The van der Waals surface area contributed by atoms with Gasteiger partial charge in [0.05, 0.1) is 11.3 Å². The Morgan fingerprint density at radius 1 is 1.05 bits per heavy atom. The van der Waals surface area contributed by atoms with E-state index >= 15 is 0 Å². The van der Waals surface area contributed by atoms with E-state index in [1.807, 2.05) is 0 Å². The molecule has 0 fully saturated rings. The molecule has 0 radical (unpaired) electrons. The lowest BCUT2D eigenvalue weighted by molar-refractivity contribution is 0.628. The Balaban J connectivity index is 2.34. The van der Waals surface area contributed by atoms with E-state index in [2.05, 4.69) is 9.97 Å². The van der Waals surface area contributed by atoms with E-state index in [0.717, 1.165) is 5.56 Å². The predicted molar refractivity (Wildman–Crippen MR) is 82.5 cm³/mol. The quantitative estimate of drug-likeness (QED) is 0.787. The molecule has 0 aliphatic carbocycles. The van der Waals surface area contributed by atoms with Crippen LogP contribution in [0.15, 0.2) is 53.6 Å². The molecule has 110 valence electrons. The van der Waals surface area contributed by atoms with Crippen LogP contribution in [-0.2, 0) is 7.05 Å². The molecule has 2 aromatic heterocycles. The van der Waals surface area contributed by atoms with Crippen molar-refractivity contribution in [2.75, 3.05) is 5.73 Å². The third-order valence-electron chi connectivity index (χ3n) is 3.41. The van der Waals surface area contributed by atoms with E-state index in [1.165, 1.54) is 16.7 Å². The second kappa shape index (κ2) is 5.40. The number of halogens is 1. The normalized spacial score (nSPS) is 10.6. The first-order valence-corrected chi connectivity index (χ1v) is 6.61. The fraction of sp³-hybridized carbons (Fsp3) is 0.0625. The van der Waals surface area contributed by atoms with Gasteiger partial charge in [0.25, 0.3) is 5.56 Å². The van der Waals surface area contributed by atoms with Gasteiger partial charge in [0.1, 0.15) is 5.82 Å². The monoisotopic (exact) mass is 296 g/mol. The number of benzene rings is 1. The molecule has 0 unspecified atom stereocenters. The van der Waals surface area contributed by atoms with Crippen LogP contribution in [-0.4, -0.2) is 14.5 Å². The second-order valence-electron chi connectivity index (χ2n) is 4.80. The highest BCUT2D eigenvalue weighted by Gasteiger charge is 2.16. The summed E-state index contributed by atoms with van der Waals surface area (Å²) in [6.07, 6.45) is 3.22. The van der Waals surface area contributed by atoms with Crippen molar-refractivity contribution in [3.05, 3.63) is 65.0 Å². The van der Waals surface area contributed by atoms with Gasteiger partial charge in [-0.2, -0.15) is 0 Å². The number of rotatable bonds is 2. The van der Waals surface area contributed by atoms with Crippen molar-refractivity contribution in [2.45, 2.75) is 0 Å². The van der Waals surface area contributed by atoms with Crippen LogP contribution in [0.2, 0.25) is 0 Å². The van der Waals surface area contributed by atoms with E-state index in [0.29, 0.717) is 16.8 Å². The minimum atomic E-state index is -0.366. The lowest BCUT2D eigenvalue weighted by Gasteiger charge is -2.12. The van der Waals surface area contributed by atoms with Crippen LogP contribution in [0.5, 0.6) is 0 Å². The molecule has 0 bridgehead atoms. The molecule has 0 saturated carbocycles. The van der Waals surface area contributed by atoms with Crippen molar-refractivity contribution in [3.8, 4) is 22.4 Å². The highest BCUT2D eigenvalue weighted by atomic mass is 19.1. The number of anilines is 1. The zero-order valence-corrected chi connectivity index (χ0v) is 11.8. The molecule has 0 aliphatic rings. The summed E-state index contributed by atoms with van der Waals surface area (Å²) in [5.74, 6) is -0.253. The first-order valence-electron chi connectivity index (χ1n) is 6.61. The van der Waals surface area contributed by atoms with E-state index in [-0.39, 0.29) is 17.3 Å². The molecule has 3 aromatic rings. The number of hydrogen-bond donors (Lipinski definition) is 1. The smallest absolute Gasteiger partial charge is 0.263 e. The third-order valence-corrected chi connectivity index (χ3v) is 3.41. The first-order chi connectivity index (χ1) is 10.6. The summed E-state index contributed by atoms with van der Waals surface area (Å²) in [7, 11) is 1.55. The Hall–Kier alpha value is -3.02. The number of nitrogens with two attached hydrogens (primary N) is 1. The van der Waals surface area contributed by atoms with Gasteiger partial charge in [-0.15, -0.1) is 0 Å². The van der Waals surface area contributed by atoms with Gasteiger partial charge in [0.2, 0.25) is 5.95 Å². The van der Waals surface area contributed by atoms with Crippen molar-refractivity contribution in [1.82, 2.24) is 14.5 Å². The molecule has 0 saturated heterocycles. The molecule has 1 aromatic carbocycles. The van der Waals surface area contributed by atoms with Crippen LogP contribution < -0.4 is 11.3 Å². The lowest BCUT2D eigenvalue weighted by Crippen LogP contribution is -2.24. The average Bonchev–Trinajstić information content (AvgIpc) is 2.54. The number of pyridine rings is 1. The summed E-state index contributed by atoms with van der Waals surface area (Å²) >= 11 is 0. The van der Waals surface area contributed by atoms with Crippen LogP contribution in [0.1, 0.15) is 0 Å². The van der Waals surface area contributed by atoms with Crippen molar-refractivity contribution >= 4 is 5.95 Å². The van der Waals surface area contributed by atoms with Gasteiger partial charge in [-0.25, -0.2) is 9.37 Å². The van der Waals surface area contributed by atoms with Gasteiger partial charge < -0.3 is 5.73 Å². The molecule has 2 heterocycles. The zero-order chi connectivity index (χ0) is 15.7. The molecular formula is C16H13FN4O. The van der Waals surface area contributed by atoms with Crippen LogP contribution >= 0.6 is 0 Å². The summed E-state index contributed by atoms with van der Waals surface area (Å²) in [5, 5.41) is 0. The first kappa shape index (κ1) is 13.9. The minimum absolute atomic E-state index is 0.114. The summed E-state index contributed by atoms with van der Waals surface area (Å²) in [6, 6.07) is 9.20. The molecular weight excluding hydrogens is 283 g/mol. The van der Waals surface area contributed by atoms with E-state index < -0.39 is 0 Å². The summed E-state index contributed by atoms with van der Waals surface area (Å²) in [5.41, 5.74) is 7.66. The van der Waals surface area contributed by atoms with Crippen LogP contribution in [0, 0.1) is 5.82 Å². The number of hydrogen-bond acceptors (Lipinski definition) is 4. The number of aromatic nitrogens is 3. The Bertz CT molecular complexity index is 873. The van der Waals surface area contributed by atoms with Gasteiger partial charge in [0, 0.05) is 25.0 Å². The van der Waals surface area contributed by atoms with E-state index in [1.54, 1.807) is 43.7 Å². The molecule has 3 rings (SSSR count). The van der Waals surface area contributed by atoms with Crippen LogP contribution in [0.3, 0.4) is 0 Å². The maximum absolute atomic E-state index is 13.1. The second-order valence-corrected chi connectivity index (χ2v) is 4.80. The lowest BCUT2D eigenvalue weighted by atomic mass is 10.0. The fourth-order valence-electron chi connectivity index (χ4n) is 2.21. The third kappa shape index (κ3) is 2.35. The van der Waals surface area contributed by atoms with Crippen molar-refractivity contribution in [1.29, 1.82) is 0 Å². The highest BCUT2D eigenvalue weighted by molar-refractivity contribution is 5.80. The largest absolute Gasteiger partial charge is 0.369 e. The van der Waals surface area contributed by atoms with Crippen LogP contribution in [0.25, 0.3) is 22.4 Å². The Labute approximate surface area is 125 Å². The van der Waals surface area contributed by atoms with Gasteiger partial charge in [-0.3, -0.25) is 14.3 Å². The molecule has 22 heavy (non-hydrogen) atoms. The van der Waals surface area contributed by atoms with E-state index in [9.17, 15) is 9.18 Å². The van der Waals surface area contributed by atoms with Gasteiger partial charge in [-0.1, -0.05) is 12.1 Å². The average molecular weight is 296 g/mol. The molecule has 2 N–H and O–H groups in total. The molecule has 0 atom stereocenters.